The van der Waals surface area contributed by atoms with Crippen molar-refractivity contribution >= 4 is 29.0 Å². The average Bonchev–Trinajstić information content (AvgIpc) is 3.45. The Balaban J connectivity index is 1.79. The fraction of sp³-hybridized carbons (Fsp3) is 0.320. The first kappa shape index (κ1) is 20.5. The number of aliphatic hydroxyl groups is 1. The lowest BCUT2D eigenvalue weighted by Gasteiger charge is -2.35. The van der Waals surface area contributed by atoms with Gasteiger partial charge in [0, 0.05) is 37.0 Å². The summed E-state index contributed by atoms with van der Waals surface area (Å²) < 4.78 is 5.74. The van der Waals surface area contributed by atoms with Gasteiger partial charge in [-0.25, -0.2) is 0 Å². The van der Waals surface area contributed by atoms with Crippen molar-refractivity contribution in [2.45, 2.75) is 31.4 Å². The number of ether oxygens (including phenoxy) is 1. The number of nitrogens with zero attached hydrogens (tertiary/aromatic N) is 2. The van der Waals surface area contributed by atoms with E-state index < -0.39 is 23.1 Å². The predicted molar refractivity (Wildman–Crippen MR) is 118 cm³/mol. The highest BCUT2D eigenvalue weighted by Crippen LogP contribution is 2.53. The lowest BCUT2D eigenvalue weighted by atomic mass is 9.81. The third-order valence-corrected chi connectivity index (χ3v) is 6.67. The Morgan fingerprint density at radius 3 is 2.53 bits per heavy atom. The average molecular weight is 432 g/mol. The lowest BCUT2D eigenvalue weighted by Crippen LogP contribution is -2.53. The number of hydrogen-bond donors (Lipinski definition) is 1. The fourth-order valence-electron chi connectivity index (χ4n) is 5.07. The highest BCUT2D eigenvalue weighted by atomic mass is 16.5. The third-order valence-electron chi connectivity index (χ3n) is 6.67. The number of fused-ring (bicyclic) bond motifs is 2. The van der Waals surface area contributed by atoms with Crippen molar-refractivity contribution in [2.24, 2.45) is 0 Å². The Kier molecular flexibility index (Phi) is 4.67. The zero-order chi connectivity index (χ0) is 22.6. The Bertz CT molecular complexity index is 1160. The van der Waals surface area contributed by atoms with E-state index in [1.807, 2.05) is 6.92 Å². The zero-order valence-corrected chi connectivity index (χ0v) is 18.0. The van der Waals surface area contributed by atoms with Crippen molar-refractivity contribution in [3.8, 4) is 0 Å². The molecule has 2 fully saturated rings. The molecular weight excluding hydrogens is 408 g/mol. The van der Waals surface area contributed by atoms with Gasteiger partial charge in [0.1, 0.15) is 5.76 Å². The minimum atomic E-state index is -1.72. The number of benzene rings is 2. The van der Waals surface area contributed by atoms with Crippen LogP contribution in [0.15, 0.2) is 54.1 Å². The van der Waals surface area contributed by atoms with Gasteiger partial charge in [-0.1, -0.05) is 48.0 Å². The standard InChI is InChI=1S/C25H24N2O5/c1-15-9-11-16(12-10-15)21(28)20-22(29)23(30)27(14-17-6-5-13-32-17)25(20)18-7-3-4-8-19(18)26(2)24(25)31/h3-4,7-12,17,28H,5-6,13-14H2,1-2H3/t17-,25-/m0/s1. The van der Waals surface area contributed by atoms with Gasteiger partial charge >= 0.3 is 0 Å². The van der Waals surface area contributed by atoms with Crippen molar-refractivity contribution in [3.63, 3.8) is 0 Å². The first-order valence-electron chi connectivity index (χ1n) is 10.7. The molecule has 2 amide bonds. The second-order valence-electron chi connectivity index (χ2n) is 8.56. The molecular formula is C25H24N2O5. The first-order chi connectivity index (χ1) is 15.4. The number of para-hydroxylation sites is 1. The molecule has 0 aliphatic carbocycles. The van der Waals surface area contributed by atoms with Gasteiger partial charge in [0.2, 0.25) is 0 Å². The third kappa shape index (κ3) is 2.67. The predicted octanol–water partition coefficient (Wildman–Crippen LogP) is 2.73. The molecule has 2 aromatic carbocycles. The van der Waals surface area contributed by atoms with Crippen LogP contribution in [0.3, 0.4) is 0 Å². The fourth-order valence-corrected chi connectivity index (χ4v) is 5.07. The summed E-state index contributed by atoms with van der Waals surface area (Å²) in [6, 6.07) is 14.1. The molecule has 0 saturated carbocycles. The Hall–Kier alpha value is -3.45. The minimum Gasteiger partial charge on any atom is -0.507 e. The maximum atomic E-state index is 13.9. The maximum absolute atomic E-state index is 13.9. The van der Waals surface area contributed by atoms with Gasteiger partial charge in [0.15, 0.2) is 5.54 Å². The highest BCUT2D eigenvalue weighted by Gasteiger charge is 2.66. The smallest absolute Gasteiger partial charge is 0.296 e. The van der Waals surface area contributed by atoms with Gasteiger partial charge in [-0.15, -0.1) is 0 Å². The summed E-state index contributed by atoms with van der Waals surface area (Å²) in [5.74, 6) is -2.45. The molecule has 164 valence electrons. The number of amides is 2. The molecule has 3 heterocycles. The molecule has 7 heteroatoms. The van der Waals surface area contributed by atoms with Crippen molar-refractivity contribution in [2.75, 3.05) is 25.1 Å². The maximum Gasteiger partial charge on any atom is 0.296 e. The number of likely N-dealkylation sites (tertiary alicyclic amines) is 1. The summed E-state index contributed by atoms with van der Waals surface area (Å²) in [5, 5.41) is 11.3. The number of aryl methyl sites for hydroxylation is 1. The number of anilines is 1. The van der Waals surface area contributed by atoms with Gasteiger partial charge in [0.25, 0.3) is 17.6 Å². The molecule has 32 heavy (non-hydrogen) atoms. The van der Waals surface area contributed by atoms with Crippen molar-refractivity contribution in [3.05, 3.63) is 70.8 Å². The van der Waals surface area contributed by atoms with Crippen LogP contribution in [0.2, 0.25) is 0 Å². The van der Waals surface area contributed by atoms with E-state index in [1.165, 1.54) is 9.80 Å². The summed E-state index contributed by atoms with van der Waals surface area (Å²) >= 11 is 0. The van der Waals surface area contributed by atoms with Gasteiger partial charge in [-0.2, -0.15) is 0 Å². The summed E-state index contributed by atoms with van der Waals surface area (Å²) in [6.45, 7) is 2.59. The number of rotatable bonds is 3. The number of carbonyl (C=O) groups excluding carboxylic acids is 3. The van der Waals surface area contributed by atoms with E-state index >= 15 is 0 Å². The Morgan fingerprint density at radius 2 is 1.84 bits per heavy atom. The van der Waals surface area contributed by atoms with Crippen LogP contribution < -0.4 is 4.90 Å². The van der Waals surface area contributed by atoms with E-state index in [4.69, 9.17) is 4.74 Å². The van der Waals surface area contributed by atoms with E-state index in [1.54, 1.807) is 55.6 Å². The van der Waals surface area contributed by atoms with Crippen molar-refractivity contribution in [1.29, 1.82) is 0 Å². The molecule has 0 radical (unpaired) electrons. The van der Waals surface area contributed by atoms with E-state index in [2.05, 4.69) is 0 Å². The molecule has 3 aliphatic heterocycles. The van der Waals surface area contributed by atoms with Crippen LogP contribution in [0.5, 0.6) is 0 Å². The molecule has 2 saturated heterocycles. The molecule has 1 N–H and O–H groups in total. The molecule has 5 rings (SSSR count). The summed E-state index contributed by atoms with van der Waals surface area (Å²) in [4.78, 5) is 43.3. The summed E-state index contributed by atoms with van der Waals surface area (Å²) in [6.07, 6.45) is 1.33. The number of carbonyl (C=O) groups is 3. The van der Waals surface area contributed by atoms with Crippen LogP contribution in [-0.4, -0.2) is 53.9 Å². The molecule has 0 aromatic heterocycles. The van der Waals surface area contributed by atoms with Crippen LogP contribution in [0, 0.1) is 6.92 Å². The number of aliphatic hydroxyl groups excluding tert-OH is 1. The monoisotopic (exact) mass is 432 g/mol. The largest absolute Gasteiger partial charge is 0.507 e. The molecule has 1 spiro atoms. The number of likely N-dealkylation sites (N-methyl/N-ethyl adjacent to an activating group) is 1. The van der Waals surface area contributed by atoms with Gasteiger partial charge in [-0.05, 0) is 25.8 Å². The van der Waals surface area contributed by atoms with Gasteiger partial charge in [-0.3, -0.25) is 14.4 Å². The Labute approximate surface area is 185 Å². The summed E-state index contributed by atoms with van der Waals surface area (Å²) in [5.41, 5.74) is 0.568. The van der Waals surface area contributed by atoms with E-state index in [9.17, 15) is 19.5 Å². The van der Waals surface area contributed by atoms with Crippen molar-refractivity contribution < 1.29 is 24.2 Å². The number of Topliss-reactive ketones (excluding diaryl/α,β-unsaturated/α-hetero) is 1. The summed E-state index contributed by atoms with van der Waals surface area (Å²) in [7, 11) is 1.62. The van der Waals surface area contributed by atoms with E-state index in [-0.39, 0.29) is 24.0 Å². The van der Waals surface area contributed by atoms with Crippen LogP contribution >= 0.6 is 0 Å². The topological polar surface area (TPSA) is 87.1 Å². The second kappa shape index (κ2) is 7.31. The van der Waals surface area contributed by atoms with Crippen molar-refractivity contribution in [1.82, 2.24) is 4.90 Å². The molecule has 3 aliphatic rings. The van der Waals surface area contributed by atoms with Crippen LogP contribution in [0.25, 0.3) is 5.76 Å². The Morgan fingerprint density at radius 1 is 1.12 bits per heavy atom. The van der Waals surface area contributed by atoms with Crippen LogP contribution in [0.1, 0.15) is 29.5 Å². The number of hydrogen-bond acceptors (Lipinski definition) is 5. The minimum absolute atomic E-state index is 0.100. The SMILES string of the molecule is Cc1ccc(C(O)=C2C(=O)C(=O)N(C[C@@H]3CCCO3)[C@]23C(=O)N(C)c2ccccc23)cc1. The quantitative estimate of drug-likeness (QED) is 0.458. The molecule has 2 aromatic rings. The molecule has 0 unspecified atom stereocenters. The van der Waals surface area contributed by atoms with Gasteiger partial charge in [0.05, 0.1) is 11.7 Å². The molecule has 7 nitrogen and oxygen atoms in total. The first-order valence-corrected chi connectivity index (χ1v) is 10.7. The zero-order valence-electron chi connectivity index (χ0n) is 18.0. The van der Waals surface area contributed by atoms with E-state index in [0.29, 0.717) is 23.4 Å². The lowest BCUT2D eigenvalue weighted by molar-refractivity contribution is -0.145. The van der Waals surface area contributed by atoms with Crippen LogP contribution in [-0.2, 0) is 24.7 Å². The van der Waals surface area contributed by atoms with Gasteiger partial charge < -0.3 is 19.6 Å². The normalized spacial score (nSPS) is 26.4. The molecule has 2 atom stereocenters. The van der Waals surface area contributed by atoms with E-state index in [0.717, 1.165) is 18.4 Å². The molecule has 0 bridgehead atoms. The highest BCUT2D eigenvalue weighted by molar-refractivity contribution is 6.50. The number of ketones is 1. The van der Waals surface area contributed by atoms with Crippen LogP contribution in [0.4, 0.5) is 5.69 Å². The second-order valence-corrected chi connectivity index (χ2v) is 8.56.